The van der Waals surface area contributed by atoms with E-state index < -0.39 is 11.3 Å². The van der Waals surface area contributed by atoms with E-state index in [9.17, 15) is 20.4 Å². The molecule has 0 spiro atoms. The Morgan fingerprint density at radius 2 is 0.806 bits per heavy atom. The number of rotatable bonds is 5. The molecule has 4 aromatic rings. The maximum Gasteiger partial charge on any atom is 0.119 e. The molecule has 0 aromatic heterocycles. The highest BCUT2D eigenvalue weighted by Crippen LogP contribution is 2.55. The van der Waals surface area contributed by atoms with Crippen LogP contribution in [0.1, 0.15) is 35.1 Å². The quantitative estimate of drug-likeness (QED) is 0.342. The molecule has 0 heterocycles. The first-order valence-corrected chi connectivity index (χ1v) is 10.1. The maximum atomic E-state index is 10.9. The van der Waals surface area contributed by atoms with Gasteiger partial charge in [-0.15, -0.1) is 0 Å². The van der Waals surface area contributed by atoms with Crippen LogP contribution in [0.2, 0.25) is 0 Å². The van der Waals surface area contributed by atoms with Gasteiger partial charge in [-0.3, -0.25) is 0 Å². The van der Waals surface area contributed by atoms with Crippen molar-refractivity contribution in [3.8, 4) is 23.0 Å². The number of phenolic OH excluding ortho intramolecular Hbond substituents is 4. The molecule has 4 rings (SSSR count). The van der Waals surface area contributed by atoms with Gasteiger partial charge in [-0.1, -0.05) is 79.7 Å². The minimum absolute atomic E-state index is 0.0593. The van der Waals surface area contributed by atoms with Gasteiger partial charge in [-0.2, -0.15) is 0 Å². The summed E-state index contributed by atoms with van der Waals surface area (Å²) in [7, 11) is 0. The summed E-state index contributed by atoms with van der Waals surface area (Å²) in [5.41, 5.74) is 1.21. The van der Waals surface area contributed by atoms with Crippen LogP contribution in [0.15, 0.2) is 97.1 Å². The summed E-state index contributed by atoms with van der Waals surface area (Å²) in [6.07, 6.45) is 0. The van der Waals surface area contributed by atoms with E-state index in [2.05, 4.69) is 0 Å². The fourth-order valence-electron chi connectivity index (χ4n) is 4.53. The first-order chi connectivity index (χ1) is 14.9. The maximum absolute atomic E-state index is 10.9. The number of aromatic hydroxyl groups is 4. The number of hydrogen-bond donors (Lipinski definition) is 4. The van der Waals surface area contributed by atoms with Gasteiger partial charge in [0, 0.05) is 33.6 Å². The fraction of sp³-hybridized carbons (Fsp3) is 0.111. The standard InChI is InChI=1S/C27H24O4/c1-27(20-12-4-8-16-24(20)30,21-13-5-9-17-25(21)31)26(18-10-2-6-14-22(18)28)19-11-3-7-15-23(19)29/h2-17,26,28-31H,1H3. The van der Waals surface area contributed by atoms with E-state index in [1.165, 1.54) is 0 Å². The zero-order chi connectivity index (χ0) is 22.0. The van der Waals surface area contributed by atoms with E-state index in [-0.39, 0.29) is 23.0 Å². The fourth-order valence-corrected chi connectivity index (χ4v) is 4.53. The molecule has 0 amide bonds. The molecule has 156 valence electrons. The Morgan fingerprint density at radius 1 is 0.484 bits per heavy atom. The minimum Gasteiger partial charge on any atom is -0.508 e. The Morgan fingerprint density at radius 3 is 1.16 bits per heavy atom. The lowest BCUT2D eigenvalue weighted by Gasteiger charge is -2.40. The van der Waals surface area contributed by atoms with E-state index in [0.29, 0.717) is 22.3 Å². The molecule has 0 aliphatic carbocycles. The van der Waals surface area contributed by atoms with E-state index >= 15 is 0 Å². The van der Waals surface area contributed by atoms with E-state index in [0.717, 1.165) is 0 Å². The normalized spacial score (nSPS) is 11.5. The summed E-state index contributed by atoms with van der Waals surface area (Å²) in [5.74, 6) is -0.384. The smallest absolute Gasteiger partial charge is 0.119 e. The van der Waals surface area contributed by atoms with Gasteiger partial charge in [0.2, 0.25) is 0 Å². The Kier molecular flexibility index (Phi) is 5.30. The highest BCUT2D eigenvalue weighted by molar-refractivity contribution is 5.59. The molecule has 0 bridgehead atoms. The van der Waals surface area contributed by atoms with Gasteiger partial charge < -0.3 is 20.4 Å². The van der Waals surface area contributed by atoms with Crippen molar-refractivity contribution in [2.45, 2.75) is 18.3 Å². The van der Waals surface area contributed by atoms with Crippen molar-refractivity contribution in [2.24, 2.45) is 0 Å². The molecule has 0 unspecified atom stereocenters. The second-order valence-electron chi connectivity index (χ2n) is 7.79. The molecular formula is C27H24O4. The van der Waals surface area contributed by atoms with Gasteiger partial charge in [-0.05, 0) is 24.3 Å². The van der Waals surface area contributed by atoms with Gasteiger partial charge in [0.1, 0.15) is 23.0 Å². The van der Waals surface area contributed by atoms with Crippen LogP contribution >= 0.6 is 0 Å². The molecule has 0 fully saturated rings. The Balaban J connectivity index is 2.14. The Hall–Kier alpha value is -3.92. The van der Waals surface area contributed by atoms with Crippen LogP contribution in [-0.4, -0.2) is 20.4 Å². The van der Waals surface area contributed by atoms with Crippen LogP contribution in [0.25, 0.3) is 0 Å². The van der Waals surface area contributed by atoms with Crippen molar-refractivity contribution in [1.29, 1.82) is 0 Å². The summed E-state index contributed by atoms with van der Waals surface area (Å²) in [6.45, 7) is 1.90. The lowest BCUT2D eigenvalue weighted by Crippen LogP contribution is -2.33. The molecule has 4 nitrogen and oxygen atoms in total. The van der Waals surface area contributed by atoms with Crippen molar-refractivity contribution in [3.05, 3.63) is 119 Å². The van der Waals surface area contributed by atoms with Gasteiger partial charge >= 0.3 is 0 Å². The molecule has 0 atom stereocenters. The van der Waals surface area contributed by atoms with Crippen molar-refractivity contribution in [2.75, 3.05) is 0 Å². The highest BCUT2D eigenvalue weighted by atomic mass is 16.3. The van der Waals surface area contributed by atoms with Crippen LogP contribution in [0, 0.1) is 0 Å². The first kappa shape index (κ1) is 20.4. The van der Waals surface area contributed by atoms with Crippen molar-refractivity contribution < 1.29 is 20.4 Å². The van der Waals surface area contributed by atoms with Crippen molar-refractivity contribution in [1.82, 2.24) is 0 Å². The van der Waals surface area contributed by atoms with E-state index in [1.54, 1.807) is 72.8 Å². The number of para-hydroxylation sites is 4. The van der Waals surface area contributed by atoms with Crippen molar-refractivity contribution >= 4 is 0 Å². The summed E-state index contributed by atoms with van der Waals surface area (Å²) < 4.78 is 0. The average Bonchev–Trinajstić information content (AvgIpc) is 2.77. The second kappa shape index (κ2) is 8.07. The van der Waals surface area contributed by atoms with Gasteiger partial charge in [0.25, 0.3) is 0 Å². The summed E-state index contributed by atoms with van der Waals surface area (Å²) in [4.78, 5) is 0. The van der Waals surface area contributed by atoms with E-state index in [1.807, 2.05) is 31.2 Å². The minimum atomic E-state index is -1.05. The third-order valence-electron chi connectivity index (χ3n) is 6.00. The molecule has 0 aliphatic heterocycles. The van der Waals surface area contributed by atoms with E-state index in [4.69, 9.17) is 0 Å². The molecular weight excluding hydrogens is 388 g/mol. The lowest BCUT2D eigenvalue weighted by molar-refractivity contribution is 0.387. The Bertz CT molecular complexity index is 1120. The van der Waals surface area contributed by atoms with Crippen LogP contribution in [0.3, 0.4) is 0 Å². The molecule has 0 aliphatic rings. The number of hydrogen-bond acceptors (Lipinski definition) is 4. The lowest BCUT2D eigenvalue weighted by atomic mass is 9.62. The molecule has 4 aromatic carbocycles. The Labute approximate surface area is 181 Å². The van der Waals surface area contributed by atoms with Crippen LogP contribution in [0.5, 0.6) is 23.0 Å². The topological polar surface area (TPSA) is 80.9 Å². The third kappa shape index (κ3) is 3.46. The highest BCUT2D eigenvalue weighted by Gasteiger charge is 2.44. The zero-order valence-corrected chi connectivity index (χ0v) is 17.1. The van der Waals surface area contributed by atoms with Gasteiger partial charge in [-0.25, -0.2) is 0 Å². The van der Waals surface area contributed by atoms with Gasteiger partial charge in [0.05, 0.1) is 0 Å². The summed E-state index contributed by atoms with van der Waals surface area (Å²) in [6, 6.07) is 27.8. The van der Waals surface area contributed by atoms with Crippen molar-refractivity contribution in [3.63, 3.8) is 0 Å². The average molecular weight is 412 g/mol. The van der Waals surface area contributed by atoms with Gasteiger partial charge in [0.15, 0.2) is 0 Å². The number of phenols is 4. The van der Waals surface area contributed by atoms with Crippen LogP contribution in [-0.2, 0) is 5.41 Å². The molecule has 0 saturated heterocycles. The van der Waals surface area contributed by atoms with Crippen LogP contribution < -0.4 is 0 Å². The summed E-state index contributed by atoms with van der Waals surface area (Å²) >= 11 is 0. The number of benzene rings is 4. The summed E-state index contributed by atoms with van der Waals surface area (Å²) in [5, 5.41) is 43.4. The first-order valence-electron chi connectivity index (χ1n) is 10.1. The third-order valence-corrected chi connectivity index (χ3v) is 6.00. The molecule has 4 heteroatoms. The monoisotopic (exact) mass is 412 g/mol. The predicted octanol–water partition coefficient (Wildman–Crippen LogP) is 5.65. The molecule has 0 radical (unpaired) electrons. The molecule has 31 heavy (non-hydrogen) atoms. The zero-order valence-electron chi connectivity index (χ0n) is 17.1. The second-order valence-corrected chi connectivity index (χ2v) is 7.79. The molecule has 0 saturated carbocycles. The predicted molar refractivity (Wildman–Crippen MR) is 121 cm³/mol. The SMILES string of the molecule is CC(c1ccccc1O)(c1ccccc1O)C(c1ccccc1O)c1ccccc1O. The van der Waals surface area contributed by atoms with Crippen LogP contribution in [0.4, 0.5) is 0 Å². The molecule has 4 N–H and O–H groups in total. The largest absolute Gasteiger partial charge is 0.508 e.